The van der Waals surface area contributed by atoms with Crippen LogP contribution in [0.1, 0.15) is 15.9 Å². The summed E-state index contributed by atoms with van der Waals surface area (Å²) < 4.78 is 0. The lowest BCUT2D eigenvalue weighted by Gasteiger charge is -2.10. The molecule has 2 rings (SSSR count). The average Bonchev–Trinajstić information content (AvgIpc) is 2.61. The molecule has 2 amide bonds. The van der Waals surface area contributed by atoms with Gasteiger partial charge in [0.1, 0.15) is 5.70 Å². The molecule has 2 aromatic rings. The molecule has 0 aliphatic heterocycles. The van der Waals surface area contributed by atoms with E-state index in [2.05, 4.69) is 17.2 Å². The maximum atomic E-state index is 12.3. The number of carbonyl (C=O) groups is 2. The summed E-state index contributed by atoms with van der Waals surface area (Å²) in [5.41, 5.74) is 1.36. The van der Waals surface area contributed by atoms with Gasteiger partial charge in [-0.1, -0.05) is 48.0 Å². The Kier molecular flexibility index (Phi) is 6.34. The van der Waals surface area contributed by atoms with Crippen LogP contribution in [0.3, 0.4) is 0 Å². The average molecular weight is 341 g/mol. The van der Waals surface area contributed by atoms with Gasteiger partial charge in [-0.2, -0.15) is 0 Å². The van der Waals surface area contributed by atoms with Crippen molar-refractivity contribution in [1.82, 2.24) is 10.6 Å². The Morgan fingerprint density at radius 3 is 2.33 bits per heavy atom. The van der Waals surface area contributed by atoms with Crippen molar-refractivity contribution in [3.8, 4) is 0 Å². The third-order valence-electron chi connectivity index (χ3n) is 3.12. The molecular weight excluding hydrogens is 324 g/mol. The van der Waals surface area contributed by atoms with Crippen molar-refractivity contribution in [1.29, 1.82) is 0 Å². The summed E-state index contributed by atoms with van der Waals surface area (Å²) in [6.45, 7) is 3.86. The standard InChI is InChI=1S/C19H17ClN2O2/c1-2-12-21-19(24)17(13-14-8-10-16(20)11-9-14)22-18(23)15-6-4-3-5-7-15/h2-11,13H,1,12H2,(H,21,24)(H,22,23). The highest BCUT2D eigenvalue weighted by Crippen LogP contribution is 2.12. The zero-order chi connectivity index (χ0) is 17.4. The quantitative estimate of drug-likeness (QED) is 0.625. The molecule has 2 N–H and O–H groups in total. The number of amides is 2. The maximum absolute atomic E-state index is 12.3. The van der Waals surface area contributed by atoms with Gasteiger partial charge >= 0.3 is 0 Å². The van der Waals surface area contributed by atoms with Gasteiger partial charge in [0.05, 0.1) is 0 Å². The smallest absolute Gasteiger partial charge is 0.268 e. The summed E-state index contributed by atoms with van der Waals surface area (Å²) in [5.74, 6) is -0.751. The van der Waals surface area contributed by atoms with Crippen molar-refractivity contribution in [2.75, 3.05) is 6.54 Å². The van der Waals surface area contributed by atoms with E-state index >= 15 is 0 Å². The van der Waals surface area contributed by atoms with E-state index in [-0.39, 0.29) is 11.6 Å². The summed E-state index contributed by atoms with van der Waals surface area (Å²) >= 11 is 5.86. The number of halogens is 1. The highest BCUT2D eigenvalue weighted by Gasteiger charge is 2.13. The van der Waals surface area contributed by atoms with Crippen LogP contribution in [0, 0.1) is 0 Å². The van der Waals surface area contributed by atoms with E-state index in [9.17, 15) is 9.59 Å². The molecule has 0 fully saturated rings. The van der Waals surface area contributed by atoms with E-state index in [0.717, 1.165) is 5.56 Å². The first-order chi connectivity index (χ1) is 11.6. The van der Waals surface area contributed by atoms with Crippen molar-refractivity contribution >= 4 is 29.5 Å². The van der Waals surface area contributed by atoms with Gasteiger partial charge in [-0.25, -0.2) is 0 Å². The van der Waals surface area contributed by atoms with Crippen LogP contribution in [-0.4, -0.2) is 18.4 Å². The number of carbonyl (C=O) groups excluding carboxylic acids is 2. The van der Waals surface area contributed by atoms with Crippen LogP contribution in [0.4, 0.5) is 0 Å². The molecule has 0 spiro atoms. The highest BCUT2D eigenvalue weighted by molar-refractivity contribution is 6.30. The second kappa shape index (κ2) is 8.70. The number of rotatable bonds is 6. The molecule has 0 saturated carbocycles. The molecule has 2 aromatic carbocycles. The third kappa shape index (κ3) is 5.11. The number of hydrogen-bond donors (Lipinski definition) is 2. The summed E-state index contributed by atoms with van der Waals surface area (Å²) in [5, 5.41) is 5.90. The van der Waals surface area contributed by atoms with E-state index in [1.54, 1.807) is 60.7 Å². The molecule has 122 valence electrons. The molecule has 0 saturated heterocycles. The molecule has 24 heavy (non-hydrogen) atoms. The van der Waals surface area contributed by atoms with Gasteiger partial charge in [-0.15, -0.1) is 6.58 Å². The second-order valence-electron chi connectivity index (χ2n) is 4.93. The van der Waals surface area contributed by atoms with E-state index in [0.29, 0.717) is 17.1 Å². The fourth-order valence-electron chi connectivity index (χ4n) is 1.93. The molecular formula is C19H17ClN2O2. The molecule has 4 nitrogen and oxygen atoms in total. The van der Waals surface area contributed by atoms with Gasteiger partial charge in [-0.05, 0) is 35.9 Å². The van der Waals surface area contributed by atoms with Crippen molar-refractivity contribution in [3.63, 3.8) is 0 Å². The third-order valence-corrected chi connectivity index (χ3v) is 3.37. The predicted octanol–water partition coefficient (Wildman–Crippen LogP) is 3.41. The van der Waals surface area contributed by atoms with E-state index < -0.39 is 5.91 Å². The van der Waals surface area contributed by atoms with E-state index in [1.807, 2.05) is 6.07 Å². The lowest BCUT2D eigenvalue weighted by atomic mass is 10.1. The zero-order valence-corrected chi connectivity index (χ0v) is 13.7. The van der Waals surface area contributed by atoms with Crippen LogP contribution in [-0.2, 0) is 4.79 Å². The largest absolute Gasteiger partial charge is 0.347 e. The van der Waals surface area contributed by atoms with Crippen LogP contribution in [0.15, 0.2) is 72.9 Å². The Bertz CT molecular complexity index is 753. The second-order valence-corrected chi connectivity index (χ2v) is 5.36. The summed E-state index contributed by atoms with van der Waals surface area (Å²) in [6, 6.07) is 15.6. The molecule has 5 heteroatoms. The first-order valence-electron chi connectivity index (χ1n) is 7.33. The molecule has 0 aliphatic carbocycles. The fraction of sp³-hybridized carbons (Fsp3) is 0.0526. The first kappa shape index (κ1) is 17.5. The summed E-state index contributed by atoms with van der Waals surface area (Å²) in [7, 11) is 0. The summed E-state index contributed by atoms with van der Waals surface area (Å²) in [6.07, 6.45) is 3.16. The van der Waals surface area contributed by atoms with Crippen LogP contribution < -0.4 is 10.6 Å². The van der Waals surface area contributed by atoms with Crippen LogP contribution in [0.5, 0.6) is 0 Å². The fourth-order valence-corrected chi connectivity index (χ4v) is 2.05. The topological polar surface area (TPSA) is 58.2 Å². The van der Waals surface area contributed by atoms with Gasteiger partial charge in [0.15, 0.2) is 0 Å². The molecule has 0 atom stereocenters. The Morgan fingerprint density at radius 2 is 1.71 bits per heavy atom. The van der Waals surface area contributed by atoms with Gasteiger partial charge in [-0.3, -0.25) is 9.59 Å². The molecule has 0 bridgehead atoms. The molecule has 0 heterocycles. The number of benzene rings is 2. The van der Waals surface area contributed by atoms with Crippen LogP contribution in [0.25, 0.3) is 6.08 Å². The molecule has 0 radical (unpaired) electrons. The minimum atomic E-state index is -0.394. The van der Waals surface area contributed by atoms with E-state index in [1.165, 1.54) is 0 Å². The SMILES string of the molecule is C=CCNC(=O)C(=Cc1ccc(Cl)cc1)NC(=O)c1ccccc1. The van der Waals surface area contributed by atoms with Crippen molar-refractivity contribution in [2.24, 2.45) is 0 Å². The van der Waals surface area contributed by atoms with Gasteiger partial charge in [0.2, 0.25) is 0 Å². The van der Waals surface area contributed by atoms with Gasteiger partial charge in [0, 0.05) is 17.1 Å². The molecule has 0 aliphatic rings. The van der Waals surface area contributed by atoms with Crippen LogP contribution >= 0.6 is 11.6 Å². The lowest BCUT2D eigenvalue weighted by Crippen LogP contribution is -2.34. The minimum absolute atomic E-state index is 0.146. The predicted molar refractivity (Wildman–Crippen MR) is 96.5 cm³/mol. The summed E-state index contributed by atoms with van der Waals surface area (Å²) in [4.78, 5) is 24.6. The van der Waals surface area contributed by atoms with E-state index in [4.69, 9.17) is 11.6 Å². The molecule has 0 unspecified atom stereocenters. The van der Waals surface area contributed by atoms with Crippen molar-refractivity contribution < 1.29 is 9.59 Å². The Balaban J connectivity index is 2.25. The maximum Gasteiger partial charge on any atom is 0.268 e. The number of hydrogen-bond acceptors (Lipinski definition) is 2. The minimum Gasteiger partial charge on any atom is -0.347 e. The van der Waals surface area contributed by atoms with Crippen molar-refractivity contribution in [3.05, 3.63) is 89.1 Å². The monoisotopic (exact) mass is 340 g/mol. The Labute approximate surface area is 145 Å². The Hall–Kier alpha value is -2.85. The zero-order valence-electron chi connectivity index (χ0n) is 13.0. The Morgan fingerprint density at radius 1 is 1.04 bits per heavy atom. The lowest BCUT2D eigenvalue weighted by molar-refractivity contribution is -0.117. The van der Waals surface area contributed by atoms with Gasteiger partial charge < -0.3 is 10.6 Å². The normalized spacial score (nSPS) is 10.8. The van der Waals surface area contributed by atoms with Gasteiger partial charge in [0.25, 0.3) is 11.8 Å². The highest BCUT2D eigenvalue weighted by atomic mass is 35.5. The molecule has 0 aromatic heterocycles. The first-order valence-corrected chi connectivity index (χ1v) is 7.70. The number of nitrogens with one attached hydrogen (secondary N) is 2. The van der Waals surface area contributed by atoms with Crippen LogP contribution in [0.2, 0.25) is 5.02 Å². The van der Waals surface area contributed by atoms with Crippen molar-refractivity contribution in [2.45, 2.75) is 0 Å².